The number of hydrogen-bond acceptors (Lipinski definition) is 6. The average molecular weight is 255 g/mol. The van der Waals surface area contributed by atoms with Crippen LogP contribution in [0.3, 0.4) is 0 Å². The van der Waals surface area contributed by atoms with Crippen LogP contribution in [0.25, 0.3) is 31.3 Å². The van der Waals surface area contributed by atoms with Crippen LogP contribution in [0.2, 0.25) is 0 Å². The fourth-order valence-corrected chi connectivity index (χ4v) is 1.10. The molecule has 18 heavy (non-hydrogen) atoms. The Hall–Kier alpha value is -2.48. The van der Waals surface area contributed by atoms with E-state index in [1.165, 1.54) is 0 Å². The number of aliphatic hydroxyl groups is 2. The second-order valence-corrected chi connectivity index (χ2v) is 3.00. The zero-order valence-corrected chi connectivity index (χ0v) is 8.92. The van der Waals surface area contributed by atoms with Crippen molar-refractivity contribution in [3.63, 3.8) is 0 Å². The molecular formula is C6H9N9O3. The lowest BCUT2D eigenvalue weighted by atomic mass is 10.0. The van der Waals surface area contributed by atoms with Gasteiger partial charge in [-0.05, 0) is 16.6 Å². The lowest BCUT2D eigenvalue weighted by Crippen LogP contribution is -2.44. The molecule has 0 saturated carbocycles. The molecule has 2 N–H and O–H groups in total. The van der Waals surface area contributed by atoms with Gasteiger partial charge in [0.2, 0.25) is 0 Å². The summed E-state index contributed by atoms with van der Waals surface area (Å²) in [7, 11) is 0. The Bertz CT molecular complexity index is 420. The van der Waals surface area contributed by atoms with Gasteiger partial charge in [-0.2, -0.15) is 0 Å². The number of hydrogen-bond donors (Lipinski definition) is 2. The van der Waals surface area contributed by atoms with Gasteiger partial charge in [0.05, 0.1) is 24.8 Å². The van der Waals surface area contributed by atoms with E-state index in [4.69, 9.17) is 16.6 Å². The van der Waals surface area contributed by atoms with Crippen molar-refractivity contribution < 1.29 is 15.0 Å². The van der Waals surface area contributed by atoms with Crippen LogP contribution in [0.15, 0.2) is 15.3 Å². The Morgan fingerprint density at radius 2 is 1.72 bits per heavy atom. The van der Waals surface area contributed by atoms with Gasteiger partial charge in [-0.3, -0.25) is 0 Å². The van der Waals surface area contributed by atoms with E-state index in [1.54, 1.807) is 0 Å². The minimum absolute atomic E-state index is 0.143. The van der Waals surface area contributed by atoms with Gasteiger partial charge >= 0.3 is 0 Å². The molecule has 0 saturated heterocycles. The van der Waals surface area contributed by atoms with Crippen molar-refractivity contribution in [3.8, 4) is 0 Å². The topological polar surface area (TPSA) is 204 Å². The van der Waals surface area contributed by atoms with Gasteiger partial charge in [-0.25, -0.2) is 0 Å². The standard InChI is InChI=1S/C6H9N9O3/c7-13-10-1-4(17)5(12-15-9)6(18)3(2-16)11-14-8/h2-6,17-18H,1H2/t3-,4-,5-,6-/m1/s1. The summed E-state index contributed by atoms with van der Waals surface area (Å²) < 4.78 is 0. The van der Waals surface area contributed by atoms with Gasteiger partial charge in [0.15, 0.2) is 0 Å². The summed E-state index contributed by atoms with van der Waals surface area (Å²) in [5.74, 6) is 0. The van der Waals surface area contributed by atoms with E-state index in [1.807, 2.05) is 0 Å². The van der Waals surface area contributed by atoms with Gasteiger partial charge in [-0.1, -0.05) is 15.3 Å². The second kappa shape index (κ2) is 8.65. The highest BCUT2D eigenvalue weighted by Gasteiger charge is 2.31. The SMILES string of the molecule is [N-]=[N+]=NC[C@@H](O)[C@@H](N=[N+]=[N-])[C@H](O)[C@@H](C=O)N=[N+]=[N-]. The summed E-state index contributed by atoms with van der Waals surface area (Å²) >= 11 is 0. The van der Waals surface area contributed by atoms with Gasteiger partial charge in [-0.15, -0.1) is 0 Å². The van der Waals surface area contributed by atoms with Crippen molar-refractivity contribution in [2.45, 2.75) is 24.3 Å². The Morgan fingerprint density at radius 3 is 2.17 bits per heavy atom. The van der Waals surface area contributed by atoms with Crippen molar-refractivity contribution >= 4 is 6.29 Å². The zero-order valence-electron chi connectivity index (χ0n) is 8.92. The molecule has 0 heterocycles. The molecule has 0 rings (SSSR count). The molecule has 0 aromatic rings. The van der Waals surface area contributed by atoms with Crippen LogP contribution in [0.1, 0.15) is 0 Å². The maximum Gasteiger partial charge on any atom is 0.131 e. The zero-order chi connectivity index (χ0) is 14.0. The highest BCUT2D eigenvalue weighted by Crippen LogP contribution is 2.12. The molecule has 0 unspecified atom stereocenters. The van der Waals surface area contributed by atoms with Crippen molar-refractivity contribution in [1.82, 2.24) is 0 Å². The van der Waals surface area contributed by atoms with Crippen molar-refractivity contribution in [2.24, 2.45) is 15.3 Å². The van der Waals surface area contributed by atoms with Crippen LogP contribution in [0, 0.1) is 0 Å². The molecule has 0 spiro atoms. The maximum absolute atomic E-state index is 10.6. The number of aliphatic hydroxyl groups excluding tert-OH is 2. The predicted octanol–water partition coefficient (Wildman–Crippen LogP) is 0.575. The van der Waals surface area contributed by atoms with E-state index >= 15 is 0 Å². The quantitative estimate of drug-likeness (QED) is 0.276. The summed E-state index contributed by atoms with van der Waals surface area (Å²) in [5.41, 5.74) is 24.5. The molecule has 0 aromatic carbocycles. The predicted molar refractivity (Wildman–Crippen MR) is 58.0 cm³/mol. The third-order valence-electron chi connectivity index (χ3n) is 1.94. The first-order valence-corrected chi connectivity index (χ1v) is 4.53. The highest BCUT2D eigenvalue weighted by molar-refractivity contribution is 5.59. The molecule has 0 bridgehead atoms. The van der Waals surface area contributed by atoms with Gasteiger partial charge in [0, 0.05) is 14.7 Å². The van der Waals surface area contributed by atoms with E-state index in [2.05, 4.69) is 30.1 Å². The molecule has 96 valence electrons. The van der Waals surface area contributed by atoms with Crippen molar-refractivity contribution in [1.29, 1.82) is 0 Å². The Kier molecular flexibility index (Phi) is 7.46. The largest absolute Gasteiger partial charge is 0.392 e. The van der Waals surface area contributed by atoms with Crippen molar-refractivity contribution in [2.75, 3.05) is 6.54 Å². The third kappa shape index (κ3) is 4.58. The first-order chi connectivity index (χ1) is 8.62. The Labute approximate surface area is 99.7 Å². The fourth-order valence-electron chi connectivity index (χ4n) is 1.10. The monoisotopic (exact) mass is 255 g/mol. The minimum atomic E-state index is -1.72. The summed E-state index contributed by atoms with van der Waals surface area (Å²) in [6.45, 7) is -0.473. The Morgan fingerprint density at radius 1 is 1.11 bits per heavy atom. The highest BCUT2D eigenvalue weighted by atomic mass is 16.3. The van der Waals surface area contributed by atoms with Gasteiger partial charge in [0.1, 0.15) is 12.3 Å². The molecule has 12 nitrogen and oxygen atoms in total. The normalized spacial score (nSPS) is 15.9. The van der Waals surface area contributed by atoms with E-state index in [0.717, 1.165) is 0 Å². The number of aldehydes is 1. The first kappa shape index (κ1) is 15.5. The van der Waals surface area contributed by atoms with Crippen LogP contribution >= 0.6 is 0 Å². The van der Waals surface area contributed by atoms with Gasteiger partial charge < -0.3 is 15.0 Å². The molecule has 0 amide bonds. The number of nitrogens with zero attached hydrogens (tertiary/aromatic N) is 9. The van der Waals surface area contributed by atoms with Crippen LogP contribution in [-0.4, -0.2) is 47.3 Å². The number of carbonyl (C=O) groups is 1. The smallest absolute Gasteiger partial charge is 0.131 e. The fraction of sp³-hybridized carbons (Fsp3) is 0.833. The molecule has 12 heteroatoms. The lowest BCUT2D eigenvalue weighted by Gasteiger charge is -2.23. The summed E-state index contributed by atoms with van der Waals surface area (Å²) in [5, 5.41) is 28.2. The van der Waals surface area contributed by atoms with Crippen LogP contribution < -0.4 is 0 Å². The summed E-state index contributed by atoms with van der Waals surface area (Å²) in [4.78, 5) is 17.6. The summed E-state index contributed by atoms with van der Waals surface area (Å²) in [6.07, 6.45) is -3.09. The lowest BCUT2D eigenvalue weighted by molar-refractivity contribution is -0.111. The maximum atomic E-state index is 10.6. The van der Waals surface area contributed by atoms with E-state index in [9.17, 15) is 15.0 Å². The minimum Gasteiger partial charge on any atom is -0.392 e. The van der Waals surface area contributed by atoms with Crippen molar-refractivity contribution in [3.05, 3.63) is 31.3 Å². The molecule has 0 aliphatic rings. The molecular weight excluding hydrogens is 246 g/mol. The molecule has 0 aliphatic heterocycles. The number of rotatable bonds is 8. The Balaban J connectivity index is 5.07. The number of carbonyl (C=O) groups excluding carboxylic acids is 1. The molecule has 0 aromatic heterocycles. The second-order valence-electron chi connectivity index (χ2n) is 3.00. The molecule has 0 fully saturated rings. The van der Waals surface area contributed by atoms with Crippen LogP contribution in [0.4, 0.5) is 0 Å². The summed E-state index contributed by atoms with van der Waals surface area (Å²) in [6, 6.07) is -3.01. The van der Waals surface area contributed by atoms with E-state index < -0.39 is 30.8 Å². The van der Waals surface area contributed by atoms with Crippen LogP contribution in [-0.2, 0) is 4.79 Å². The van der Waals surface area contributed by atoms with E-state index in [0.29, 0.717) is 0 Å². The first-order valence-electron chi connectivity index (χ1n) is 4.53. The number of azide groups is 3. The average Bonchev–Trinajstić information content (AvgIpc) is 2.38. The van der Waals surface area contributed by atoms with E-state index in [-0.39, 0.29) is 6.29 Å². The molecule has 4 atom stereocenters. The van der Waals surface area contributed by atoms with Gasteiger partial charge in [0.25, 0.3) is 0 Å². The third-order valence-corrected chi connectivity index (χ3v) is 1.94. The van der Waals surface area contributed by atoms with Crippen LogP contribution in [0.5, 0.6) is 0 Å². The molecule has 0 aliphatic carbocycles. The molecule has 0 radical (unpaired) electrons.